The summed E-state index contributed by atoms with van der Waals surface area (Å²) in [6, 6.07) is 7.21. The maximum atomic E-state index is 10.7. The molecule has 1 aromatic heterocycles. The molecule has 1 aromatic carbocycles. The number of fused-ring (bicyclic) bond motifs is 1. The Morgan fingerprint density at radius 1 is 1.44 bits per heavy atom. The summed E-state index contributed by atoms with van der Waals surface area (Å²) in [5.74, 6) is -1.06. The molecule has 0 saturated carbocycles. The molecule has 0 fully saturated rings. The number of carboxylic acids is 1. The zero-order valence-corrected chi connectivity index (χ0v) is 9.23. The highest BCUT2D eigenvalue weighted by atomic mass is 16.4. The van der Waals surface area contributed by atoms with E-state index in [9.17, 15) is 4.79 Å². The molecule has 0 radical (unpaired) electrons. The lowest BCUT2D eigenvalue weighted by Gasteiger charge is -2.15. The Bertz CT molecular complexity index is 530. The van der Waals surface area contributed by atoms with Gasteiger partial charge in [-0.2, -0.15) is 0 Å². The van der Waals surface area contributed by atoms with E-state index in [2.05, 4.69) is 11.8 Å². The van der Waals surface area contributed by atoms with E-state index in [1.807, 2.05) is 25.2 Å². The predicted octanol–water partition coefficient (Wildman–Crippen LogP) is 2.59. The molecule has 0 aliphatic carbocycles. The van der Waals surface area contributed by atoms with Crippen LogP contribution in [0.4, 0.5) is 5.69 Å². The number of rotatable bonds is 3. The van der Waals surface area contributed by atoms with Crippen molar-refractivity contribution in [1.29, 1.82) is 0 Å². The highest BCUT2D eigenvalue weighted by molar-refractivity contribution is 5.92. The monoisotopic (exact) mass is 219 g/mol. The van der Waals surface area contributed by atoms with Crippen LogP contribution in [0.25, 0.3) is 11.0 Å². The van der Waals surface area contributed by atoms with E-state index in [-0.39, 0.29) is 5.76 Å². The van der Waals surface area contributed by atoms with Gasteiger partial charge >= 0.3 is 5.97 Å². The molecule has 4 heteroatoms. The topological polar surface area (TPSA) is 53.7 Å². The average molecular weight is 219 g/mol. The molecule has 0 bridgehead atoms. The highest BCUT2D eigenvalue weighted by Gasteiger charge is 2.11. The number of hydrogen-bond acceptors (Lipinski definition) is 3. The van der Waals surface area contributed by atoms with Gasteiger partial charge in [0.05, 0.1) is 0 Å². The van der Waals surface area contributed by atoms with Crippen LogP contribution in [0.15, 0.2) is 28.7 Å². The summed E-state index contributed by atoms with van der Waals surface area (Å²) in [5.41, 5.74) is 1.62. The molecule has 0 aliphatic heterocycles. The van der Waals surface area contributed by atoms with Gasteiger partial charge in [0.2, 0.25) is 5.76 Å². The van der Waals surface area contributed by atoms with Crippen LogP contribution in [0, 0.1) is 0 Å². The summed E-state index contributed by atoms with van der Waals surface area (Å²) in [6.45, 7) is 2.94. The lowest BCUT2D eigenvalue weighted by atomic mass is 10.2. The number of benzene rings is 1. The number of hydrogen-bond donors (Lipinski definition) is 1. The Balaban J connectivity index is 2.49. The van der Waals surface area contributed by atoms with Crippen molar-refractivity contribution in [3.63, 3.8) is 0 Å². The van der Waals surface area contributed by atoms with Gasteiger partial charge < -0.3 is 14.4 Å². The van der Waals surface area contributed by atoms with Crippen LogP contribution in [0.2, 0.25) is 0 Å². The number of nitrogens with zero attached hydrogens (tertiary/aromatic N) is 1. The van der Waals surface area contributed by atoms with Crippen LogP contribution in [0.3, 0.4) is 0 Å². The maximum absolute atomic E-state index is 10.7. The van der Waals surface area contributed by atoms with E-state index in [0.717, 1.165) is 17.6 Å². The Kier molecular flexibility index (Phi) is 2.56. The normalized spacial score (nSPS) is 10.6. The molecule has 0 atom stereocenters. The van der Waals surface area contributed by atoms with Gasteiger partial charge in [-0.3, -0.25) is 0 Å². The van der Waals surface area contributed by atoms with Gasteiger partial charge in [0.25, 0.3) is 0 Å². The number of furan rings is 1. The van der Waals surface area contributed by atoms with E-state index in [0.29, 0.717) is 5.58 Å². The first-order valence-corrected chi connectivity index (χ1v) is 5.10. The lowest BCUT2D eigenvalue weighted by Crippen LogP contribution is -2.15. The van der Waals surface area contributed by atoms with Crippen molar-refractivity contribution in [3.05, 3.63) is 30.0 Å². The minimum absolute atomic E-state index is 0.0219. The summed E-state index contributed by atoms with van der Waals surface area (Å²) in [4.78, 5) is 12.8. The average Bonchev–Trinajstić information content (AvgIpc) is 2.70. The molecule has 2 rings (SSSR count). The van der Waals surface area contributed by atoms with Crippen molar-refractivity contribution < 1.29 is 14.3 Å². The van der Waals surface area contributed by atoms with E-state index < -0.39 is 5.97 Å². The minimum atomic E-state index is -1.04. The molecule has 0 saturated heterocycles. The SMILES string of the molecule is CCN(C)c1ccc2cc(C(=O)O)oc2c1. The van der Waals surface area contributed by atoms with Crippen LogP contribution >= 0.6 is 0 Å². The van der Waals surface area contributed by atoms with E-state index in [1.54, 1.807) is 0 Å². The number of anilines is 1. The Morgan fingerprint density at radius 2 is 2.19 bits per heavy atom. The Labute approximate surface area is 93.1 Å². The van der Waals surface area contributed by atoms with Gasteiger partial charge in [-0.1, -0.05) is 0 Å². The molecule has 0 amide bonds. The number of carboxylic acid groups (broad SMARTS) is 1. The Hall–Kier alpha value is -1.97. The fourth-order valence-corrected chi connectivity index (χ4v) is 1.55. The highest BCUT2D eigenvalue weighted by Crippen LogP contribution is 2.24. The molecule has 0 spiro atoms. The molecule has 1 heterocycles. The van der Waals surface area contributed by atoms with Gasteiger partial charge in [-0.15, -0.1) is 0 Å². The van der Waals surface area contributed by atoms with Crippen LogP contribution < -0.4 is 4.90 Å². The first kappa shape index (κ1) is 10.5. The van der Waals surface area contributed by atoms with Crippen molar-refractivity contribution >= 4 is 22.6 Å². The maximum Gasteiger partial charge on any atom is 0.371 e. The fourth-order valence-electron chi connectivity index (χ4n) is 1.55. The van der Waals surface area contributed by atoms with Crippen molar-refractivity contribution in [2.75, 3.05) is 18.5 Å². The summed E-state index contributed by atoms with van der Waals surface area (Å²) in [7, 11) is 1.97. The van der Waals surface area contributed by atoms with Crippen molar-refractivity contribution in [1.82, 2.24) is 0 Å². The van der Waals surface area contributed by atoms with Gasteiger partial charge in [-0.05, 0) is 25.1 Å². The summed E-state index contributed by atoms with van der Waals surface area (Å²) >= 11 is 0. The number of aromatic carboxylic acids is 1. The molecule has 0 unspecified atom stereocenters. The first-order chi connectivity index (χ1) is 7.61. The standard InChI is InChI=1S/C12H13NO3/c1-3-13(2)9-5-4-8-6-11(12(14)15)16-10(8)7-9/h4-7H,3H2,1-2H3,(H,14,15). The zero-order chi connectivity index (χ0) is 11.7. The summed E-state index contributed by atoms with van der Waals surface area (Å²) < 4.78 is 5.24. The van der Waals surface area contributed by atoms with Crippen LogP contribution in [0.1, 0.15) is 17.5 Å². The summed E-state index contributed by atoms with van der Waals surface area (Å²) in [6.07, 6.45) is 0. The first-order valence-electron chi connectivity index (χ1n) is 5.10. The third-order valence-electron chi connectivity index (χ3n) is 2.63. The zero-order valence-electron chi connectivity index (χ0n) is 9.23. The second-order valence-electron chi connectivity index (χ2n) is 3.65. The summed E-state index contributed by atoms with van der Waals surface area (Å²) in [5, 5.41) is 9.62. The Morgan fingerprint density at radius 3 is 2.81 bits per heavy atom. The largest absolute Gasteiger partial charge is 0.475 e. The van der Waals surface area contributed by atoms with E-state index in [4.69, 9.17) is 9.52 Å². The second-order valence-corrected chi connectivity index (χ2v) is 3.65. The smallest absolute Gasteiger partial charge is 0.371 e. The molecule has 16 heavy (non-hydrogen) atoms. The fraction of sp³-hybridized carbons (Fsp3) is 0.250. The molecular weight excluding hydrogens is 206 g/mol. The third kappa shape index (κ3) is 1.74. The molecule has 1 N–H and O–H groups in total. The molecule has 2 aromatic rings. The lowest BCUT2D eigenvalue weighted by molar-refractivity contribution is 0.0665. The quantitative estimate of drug-likeness (QED) is 0.862. The number of carbonyl (C=O) groups is 1. The van der Waals surface area contributed by atoms with Gasteiger partial charge in [0.15, 0.2) is 0 Å². The molecule has 84 valence electrons. The second kappa shape index (κ2) is 3.89. The van der Waals surface area contributed by atoms with Gasteiger partial charge in [-0.25, -0.2) is 4.79 Å². The molecule has 0 aliphatic rings. The van der Waals surface area contributed by atoms with Crippen molar-refractivity contribution in [2.24, 2.45) is 0 Å². The van der Waals surface area contributed by atoms with Crippen LogP contribution in [-0.4, -0.2) is 24.7 Å². The predicted molar refractivity (Wildman–Crippen MR) is 62.1 cm³/mol. The molecule has 4 nitrogen and oxygen atoms in total. The van der Waals surface area contributed by atoms with Crippen molar-refractivity contribution in [3.8, 4) is 0 Å². The van der Waals surface area contributed by atoms with E-state index in [1.165, 1.54) is 6.07 Å². The van der Waals surface area contributed by atoms with Crippen LogP contribution in [-0.2, 0) is 0 Å². The third-order valence-corrected chi connectivity index (χ3v) is 2.63. The minimum Gasteiger partial charge on any atom is -0.475 e. The van der Waals surface area contributed by atoms with E-state index >= 15 is 0 Å². The van der Waals surface area contributed by atoms with Crippen molar-refractivity contribution in [2.45, 2.75) is 6.92 Å². The van der Waals surface area contributed by atoms with Gasteiger partial charge in [0, 0.05) is 30.7 Å². The van der Waals surface area contributed by atoms with Crippen LogP contribution in [0.5, 0.6) is 0 Å². The van der Waals surface area contributed by atoms with Gasteiger partial charge in [0.1, 0.15) is 5.58 Å². The molecular formula is C12H13NO3.